The first-order valence-electron chi connectivity index (χ1n) is 5.88. The molecule has 1 aromatic carbocycles. The highest BCUT2D eigenvalue weighted by Gasteiger charge is 2.29. The van der Waals surface area contributed by atoms with E-state index >= 15 is 0 Å². The number of thiophene rings is 1. The Balaban J connectivity index is 1.83. The molecular weight excluding hydrogens is 300 g/mol. The highest BCUT2D eigenvalue weighted by molar-refractivity contribution is 7.99. The van der Waals surface area contributed by atoms with E-state index in [-0.39, 0.29) is 12.1 Å². The van der Waals surface area contributed by atoms with E-state index in [0.29, 0.717) is 0 Å². The van der Waals surface area contributed by atoms with Crippen LogP contribution in [-0.2, 0) is 0 Å². The summed E-state index contributed by atoms with van der Waals surface area (Å²) in [6, 6.07) is 11.9. The normalized spacial score (nSPS) is 19.6. The maximum Gasteiger partial charge on any atom is 0.133 e. The number of para-hydroxylation sites is 1. The molecule has 100 valence electrons. The molecule has 0 radical (unpaired) electrons. The first-order chi connectivity index (χ1) is 9.28. The second-order valence-electron chi connectivity index (χ2n) is 4.20. The van der Waals surface area contributed by atoms with E-state index in [1.54, 1.807) is 11.8 Å². The Morgan fingerprint density at radius 1 is 1.32 bits per heavy atom. The van der Waals surface area contributed by atoms with Gasteiger partial charge in [0.15, 0.2) is 0 Å². The molecule has 0 saturated heterocycles. The van der Waals surface area contributed by atoms with Gasteiger partial charge in [0.2, 0.25) is 0 Å². The van der Waals surface area contributed by atoms with Crippen molar-refractivity contribution in [1.29, 1.82) is 0 Å². The van der Waals surface area contributed by atoms with Gasteiger partial charge in [-0.05, 0) is 24.3 Å². The monoisotopic (exact) mass is 312 g/mol. The van der Waals surface area contributed by atoms with Crippen molar-refractivity contribution in [3.05, 3.63) is 45.6 Å². The predicted octanol–water partition coefficient (Wildman–Crippen LogP) is 3.46. The third-order valence-electron chi connectivity index (χ3n) is 2.98. The van der Waals surface area contributed by atoms with Gasteiger partial charge in [0.25, 0.3) is 0 Å². The molecule has 1 aromatic heterocycles. The number of benzene rings is 1. The van der Waals surface area contributed by atoms with Crippen LogP contribution in [0.4, 0.5) is 0 Å². The average Bonchev–Trinajstić information content (AvgIpc) is 2.86. The Morgan fingerprint density at radius 3 is 2.89 bits per heavy atom. The van der Waals surface area contributed by atoms with Crippen molar-refractivity contribution >= 4 is 34.7 Å². The fraction of sp³-hybridized carbons (Fsp3) is 0.231. The summed E-state index contributed by atoms with van der Waals surface area (Å²) in [6.45, 7) is 0. The van der Waals surface area contributed by atoms with Crippen molar-refractivity contribution in [1.82, 2.24) is 5.43 Å². The van der Waals surface area contributed by atoms with Crippen molar-refractivity contribution < 1.29 is 4.74 Å². The summed E-state index contributed by atoms with van der Waals surface area (Å²) in [5.41, 5.74) is 2.85. The third kappa shape index (κ3) is 2.75. The number of hydrogen-bond donors (Lipinski definition) is 2. The Morgan fingerprint density at radius 2 is 2.16 bits per heavy atom. The summed E-state index contributed by atoms with van der Waals surface area (Å²) < 4.78 is 6.81. The van der Waals surface area contributed by atoms with Crippen molar-refractivity contribution in [2.24, 2.45) is 5.84 Å². The van der Waals surface area contributed by atoms with Crippen molar-refractivity contribution in [3.8, 4) is 5.75 Å². The van der Waals surface area contributed by atoms with Crippen LogP contribution in [0.1, 0.15) is 10.9 Å². The number of rotatable bonds is 3. The molecular formula is C13H13ClN2OS2. The fourth-order valence-corrected chi connectivity index (χ4v) is 4.28. The standard InChI is InChI=1S/C13H13ClN2OS2/c14-12-6-5-11(19-12)13(16-15)9-7-18-10-4-2-1-3-8(10)17-9/h1-6,9,13,16H,7,15H2. The van der Waals surface area contributed by atoms with Gasteiger partial charge in [-0.15, -0.1) is 23.1 Å². The lowest BCUT2D eigenvalue weighted by atomic mass is 10.1. The summed E-state index contributed by atoms with van der Waals surface area (Å²) in [5.74, 6) is 7.47. The van der Waals surface area contributed by atoms with E-state index in [1.165, 1.54) is 16.2 Å². The second-order valence-corrected chi connectivity index (χ2v) is 7.01. The molecule has 2 aromatic rings. The molecule has 0 spiro atoms. The van der Waals surface area contributed by atoms with E-state index in [4.69, 9.17) is 22.2 Å². The van der Waals surface area contributed by atoms with Gasteiger partial charge in [0.05, 0.1) is 10.4 Å². The SMILES string of the molecule is NNC(c1ccc(Cl)s1)C1CSc2ccccc2O1. The van der Waals surface area contributed by atoms with Gasteiger partial charge >= 0.3 is 0 Å². The molecule has 0 saturated carbocycles. The smallest absolute Gasteiger partial charge is 0.133 e. The Kier molecular flexibility index (Phi) is 4.00. The topological polar surface area (TPSA) is 47.3 Å². The highest BCUT2D eigenvalue weighted by Crippen LogP contribution is 2.39. The first kappa shape index (κ1) is 13.3. The molecule has 3 nitrogen and oxygen atoms in total. The first-order valence-corrected chi connectivity index (χ1v) is 8.06. The maximum atomic E-state index is 6.05. The van der Waals surface area contributed by atoms with E-state index in [9.17, 15) is 0 Å². The van der Waals surface area contributed by atoms with Gasteiger partial charge in [-0.1, -0.05) is 23.7 Å². The number of halogens is 1. The number of hydrogen-bond acceptors (Lipinski definition) is 5. The van der Waals surface area contributed by atoms with Crippen molar-refractivity contribution in [2.45, 2.75) is 17.0 Å². The third-order valence-corrected chi connectivity index (χ3v) is 5.44. The molecule has 0 bridgehead atoms. The molecule has 19 heavy (non-hydrogen) atoms. The van der Waals surface area contributed by atoms with Crippen molar-refractivity contribution in [2.75, 3.05) is 5.75 Å². The van der Waals surface area contributed by atoms with Crippen LogP contribution < -0.4 is 16.0 Å². The van der Waals surface area contributed by atoms with Crippen LogP contribution >= 0.6 is 34.7 Å². The fourth-order valence-electron chi connectivity index (χ4n) is 2.07. The Hall–Kier alpha value is -0.720. The van der Waals surface area contributed by atoms with Gasteiger partial charge in [0.1, 0.15) is 11.9 Å². The molecule has 0 amide bonds. The number of hydrazine groups is 1. The molecule has 2 heterocycles. The summed E-state index contributed by atoms with van der Waals surface area (Å²) in [6.07, 6.45) is -0.000355. The van der Waals surface area contributed by atoms with Crippen molar-refractivity contribution in [3.63, 3.8) is 0 Å². The van der Waals surface area contributed by atoms with E-state index < -0.39 is 0 Å². The molecule has 6 heteroatoms. The van der Waals surface area contributed by atoms with Gasteiger partial charge in [0, 0.05) is 15.5 Å². The van der Waals surface area contributed by atoms with Crippen LogP contribution in [-0.4, -0.2) is 11.9 Å². The number of thioether (sulfide) groups is 1. The lowest BCUT2D eigenvalue weighted by Gasteiger charge is -2.30. The Bertz CT molecular complexity index is 575. The lowest BCUT2D eigenvalue weighted by molar-refractivity contribution is 0.168. The number of ether oxygens (including phenoxy) is 1. The maximum absolute atomic E-state index is 6.05. The molecule has 3 rings (SSSR count). The van der Waals surface area contributed by atoms with Gasteiger partial charge in [-0.3, -0.25) is 5.84 Å². The zero-order chi connectivity index (χ0) is 13.2. The van der Waals surface area contributed by atoms with E-state index in [2.05, 4.69) is 11.5 Å². The van der Waals surface area contributed by atoms with Gasteiger partial charge in [-0.25, -0.2) is 5.43 Å². The van der Waals surface area contributed by atoms with Crippen LogP contribution in [0.2, 0.25) is 4.34 Å². The minimum atomic E-state index is -0.0432. The average molecular weight is 313 g/mol. The van der Waals surface area contributed by atoms with Crippen LogP contribution in [0.5, 0.6) is 5.75 Å². The zero-order valence-corrected chi connectivity index (χ0v) is 12.4. The predicted molar refractivity (Wildman–Crippen MR) is 81.0 cm³/mol. The highest BCUT2D eigenvalue weighted by atomic mass is 35.5. The quantitative estimate of drug-likeness (QED) is 0.673. The number of fused-ring (bicyclic) bond motifs is 1. The molecule has 2 atom stereocenters. The van der Waals surface area contributed by atoms with E-state index in [1.807, 2.05) is 30.3 Å². The minimum Gasteiger partial charge on any atom is -0.486 e. The molecule has 2 unspecified atom stereocenters. The van der Waals surface area contributed by atoms with Crippen LogP contribution in [0, 0.1) is 0 Å². The van der Waals surface area contributed by atoms with Crippen LogP contribution in [0.15, 0.2) is 41.3 Å². The minimum absolute atomic E-state index is 0.000355. The summed E-state index contributed by atoms with van der Waals surface area (Å²) in [7, 11) is 0. The molecule has 0 aliphatic carbocycles. The molecule has 1 aliphatic rings. The van der Waals surface area contributed by atoms with Crippen LogP contribution in [0.3, 0.4) is 0 Å². The largest absolute Gasteiger partial charge is 0.486 e. The number of nitrogens with one attached hydrogen (secondary N) is 1. The molecule has 1 aliphatic heterocycles. The summed E-state index contributed by atoms with van der Waals surface area (Å²) >= 11 is 9.31. The van der Waals surface area contributed by atoms with Crippen LogP contribution in [0.25, 0.3) is 0 Å². The van der Waals surface area contributed by atoms with Gasteiger partial charge in [-0.2, -0.15) is 0 Å². The molecule has 0 fully saturated rings. The molecule has 3 N–H and O–H groups in total. The second kappa shape index (κ2) is 5.73. The van der Waals surface area contributed by atoms with Gasteiger partial charge < -0.3 is 4.74 Å². The summed E-state index contributed by atoms with van der Waals surface area (Å²) in [5, 5.41) is 0. The zero-order valence-electron chi connectivity index (χ0n) is 10.0. The summed E-state index contributed by atoms with van der Waals surface area (Å²) in [4.78, 5) is 2.27. The number of nitrogens with two attached hydrogens (primary N) is 1. The lowest BCUT2D eigenvalue weighted by Crippen LogP contribution is -2.41. The Labute approximate surface area is 125 Å². The van der Waals surface area contributed by atoms with E-state index in [0.717, 1.165) is 20.7 Å².